The lowest BCUT2D eigenvalue weighted by Gasteiger charge is -2.24. The standard InChI is InChI=1S/C10H19NO.C9H16N2.2C9H18O.C8H16N2O.C8H13NO.2C8H16O.C5H11NO.2CH4/c1-9(2)5-3-7-11-8-4-6-10(11)12;1-7(2)5-9-6-8(3)11(4)10-9;1-8(2)7-9(3)5-4-6-10-9;1-8(2)7-9-3-5-10-6-4-9;1-7(2)3-5-10-6-4-9-8(10)11;1-6(2)4-8-5-7(3)10-9-8;2*1-7(2)6-8-4-3-5-9-8;1-4(2)3-5(6)7;;/h9H,3-8H2,1-2H3;6-7H,5H2,1-4H3;8H,4-7H2,1-3H3;8-9H,3-7H2,1-2H3;7H,3-6H2,1-2H3,(H,9,11);5-6H,4H2,1-3H3;2*7-8H,3-6H2,1-2H3;4H,3H2,1-2H3,(H2,6,7);2*1H4/t;;;;;;2*8-;;;/m......10.../s1. The van der Waals surface area contributed by atoms with Gasteiger partial charge in [0.25, 0.3) is 0 Å². The molecule has 3 atom stereocenters. The van der Waals surface area contributed by atoms with Crippen molar-refractivity contribution in [2.24, 2.45) is 72.0 Å². The minimum Gasteiger partial charge on any atom is -0.381 e. The van der Waals surface area contributed by atoms with Crippen LogP contribution in [0.3, 0.4) is 0 Å². The first-order valence-corrected chi connectivity index (χ1v) is 35.7. The molecule has 0 spiro atoms. The fourth-order valence-corrected chi connectivity index (χ4v) is 11.5. The van der Waals surface area contributed by atoms with Crippen LogP contribution < -0.4 is 11.1 Å². The highest BCUT2D eigenvalue weighted by molar-refractivity contribution is 5.78. The number of urea groups is 1. The van der Waals surface area contributed by atoms with Gasteiger partial charge in [0, 0.05) is 97.4 Å². The molecule has 0 aromatic carbocycles. The minimum atomic E-state index is -0.213. The van der Waals surface area contributed by atoms with Crippen LogP contribution in [-0.4, -0.2) is 126 Å². The molecule has 6 fully saturated rings. The maximum atomic E-state index is 11.2. The average molecular weight is 1290 g/mol. The number of amides is 4. The Labute approximate surface area is 562 Å². The summed E-state index contributed by atoms with van der Waals surface area (Å²) in [5.74, 6) is 8.43. The number of nitrogens with one attached hydrogen (secondary N) is 1. The van der Waals surface area contributed by atoms with Gasteiger partial charge >= 0.3 is 6.03 Å². The van der Waals surface area contributed by atoms with E-state index in [4.69, 9.17) is 29.2 Å². The third-order valence-electron chi connectivity index (χ3n) is 15.8. The van der Waals surface area contributed by atoms with E-state index in [1.165, 1.54) is 101 Å². The molecule has 4 amide bonds. The van der Waals surface area contributed by atoms with Crippen LogP contribution in [0.25, 0.3) is 0 Å². The minimum absolute atomic E-state index is 0. The van der Waals surface area contributed by atoms with Crippen LogP contribution >= 0.6 is 0 Å². The molecule has 0 saturated carbocycles. The number of carbonyl (C=O) groups is 3. The van der Waals surface area contributed by atoms with E-state index in [9.17, 15) is 14.4 Å². The molecule has 6 aliphatic rings. The van der Waals surface area contributed by atoms with E-state index in [1.807, 2.05) is 48.4 Å². The third-order valence-corrected chi connectivity index (χ3v) is 15.8. The third kappa shape index (κ3) is 52.4. The van der Waals surface area contributed by atoms with Crippen LogP contribution in [0.4, 0.5) is 4.79 Å². The Balaban J connectivity index is -0.000000958. The normalized spacial score (nSPS) is 19.3. The molecule has 6 saturated heterocycles. The van der Waals surface area contributed by atoms with Crippen molar-refractivity contribution in [1.82, 2.24) is 30.1 Å². The molecule has 6 aliphatic heterocycles. The Morgan fingerprint density at radius 3 is 1.53 bits per heavy atom. The van der Waals surface area contributed by atoms with Gasteiger partial charge in [-0.05, 0) is 202 Å². The van der Waals surface area contributed by atoms with Gasteiger partial charge in [0.15, 0.2) is 0 Å². The molecule has 8 rings (SSSR count). The van der Waals surface area contributed by atoms with Crippen molar-refractivity contribution in [3.63, 3.8) is 0 Å². The zero-order chi connectivity index (χ0) is 67.5. The molecule has 538 valence electrons. The fraction of sp³-hybridized carbons (Fsp3) is 0.882. The van der Waals surface area contributed by atoms with Crippen LogP contribution in [0.15, 0.2) is 16.7 Å². The quantitative estimate of drug-likeness (QED) is 0.122. The van der Waals surface area contributed by atoms with Crippen molar-refractivity contribution in [3.05, 3.63) is 35.0 Å². The summed E-state index contributed by atoms with van der Waals surface area (Å²) in [4.78, 5) is 36.1. The largest absolute Gasteiger partial charge is 0.381 e. The van der Waals surface area contributed by atoms with E-state index in [0.29, 0.717) is 48.2 Å². The second-order valence-electron chi connectivity index (χ2n) is 30.2. The van der Waals surface area contributed by atoms with Crippen LogP contribution in [0.1, 0.15) is 285 Å². The highest BCUT2D eigenvalue weighted by Crippen LogP contribution is 2.31. The fourth-order valence-electron chi connectivity index (χ4n) is 11.5. The number of likely N-dealkylation sites (tertiary alicyclic amines) is 1. The molecular weight excluding hydrogens is 1140 g/mol. The average Bonchev–Trinajstić information content (AvgIpc) is 4.35. The molecule has 15 nitrogen and oxygen atoms in total. The second-order valence-corrected chi connectivity index (χ2v) is 30.2. The first-order chi connectivity index (χ1) is 41.8. The van der Waals surface area contributed by atoms with Gasteiger partial charge in [0.1, 0.15) is 5.76 Å². The number of aryl methyl sites for hydroxylation is 3. The van der Waals surface area contributed by atoms with Gasteiger partial charge in [-0.3, -0.25) is 14.3 Å². The van der Waals surface area contributed by atoms with Gasteiger partial charge in [0.2, 0.25) is 11.8 Å². The maximum Gasteiger partial charge on any atom is 0.317 e. The zero-order valence-electron chi connectivity index (χ0n) is 61.9. The molecule has 3 N–H and O–H groups in total. The number of hydrogen-bond acceptors (Lipinski definition) is 10. The summed E-state index contributed by atoms with van der Waals surface area (Å²) in [6.07, 6.45) is 24.5. The summed E-state index contributed by atoms with van der Waals surface area (Å²) in [6, 6.07) is 4.24. The number of rotatable bonds is 21. The van der Waals surface area contributed by atoms with E-state index in [1.54, 1.807) is 0 Å². The predicted molar refractivity (Wildman–Crippen MR) is 386 cm³/mol. The summed E-state index contributed by atoms with van der Waals surface area (Å²) < 4.78 is 28.7. The number of aromatic nitrogens is 3. The molecule has 0 bridgehead atoms. The predicted octanol–water partition coefficient (Wildman–Crippen LogP) is 18.5. The Kier molecular flexibility index (Phi) is 54.1. The lowest BCUT2D eigenvalue weighted by molar-refractivity contribution is -0.127. The number of carbonyl (C=O) groups excluding carboxylic acids is 3. The van der Waals surface area contributed by atoms with Crippen LogP contribution in [0.2, 0.25) is 0 Å². The van der Waals surface area contributed by atoms with Crippen molar-refractivity contribution < 1.29 is 37.9 Å². The Hall–Kier alpha value is -3.53. The molecule has 1 unspecified atom stereocenters. The number of ether oxygens (including phenoxy) is 4. The Bertz CT molecular complexity index is 1980. The van der Waals surface area contributed by atoms with Crippen molar-refractivity contribution in [3.8, 4) is 0 Å². The topological polar surface area (TPSA) is 177 Å². The first-order valence-electron chi connectivity index (χ1n) is 35.7. The highest BCUT2D eigenvalue weighted by atomic mass is 16.5. The van der Waals surface area contributed by atoms with E-state index in [-0.39, 0.29) is 32.4 Å². The highest BCUT2D eigenvalue weighted by Gasteiger charge is 2.30. The monoisotopic (exact) mass is 1290 g/mol. The Morgan fingerprint density at radius 1 is 0.626 bits per heavy atom. The Morgan fingerprint density at radius 2 is 1.18 bits per heavy atom. The summed E-state index contributed by atoms with van der Waals surface area (Å²) >= 11 is 0. The SMILES string of the molecule is C.C.CC(C)CC(N)=O.CC(C)CC1(C)CCCO1.CC(C)CC1CCOCC1.CC(C)CCCN1CCCC1=O.CC(C)CCN1CCNC1=O.CC(C)C[C@@H]1CCCO1.CC(C)C[C@H]1CCCO1.Cc1cc(CC(C)C)nn1C.Cc1cc(CC(C)C)no1. The lowest BCUT2D eigenvalue weighted by Crippen LogP contribution is -2.29. The van der Waals surface area contributed by atoms with Crippen LogP contribution in [0.5, 0.6) is 0 Å². The molecular formula is C76H151N7O8. The van der Waals surface area contributed by atoms with Crippen LogP contribution in [-0.2, 0) is 48.4 Å². The van der Waals surface area contributed by atoms with Crippen LogP contribution in [0, 0.1) is 73.0 Å². The van der Waals surface area contributed by atoms with Gasteiger partial charge in [-0.25, -0.2) is 4.79 Å². The second kappa shape index (κ2) is 53.7. The van der Waals surface area contributed by atoms with Gasteiger partial charge < -0.3 is 44.3 Å². The van der Waals surface area contributed by atoms with Gasteiger partial charge in [-0.1, -0.05) is 145 Å². The van der Waals surface area contributed by atoms with E-state index >= 15 is 0 Å². The van der Waals surface area contributed by atoms with Crippen molar-refractivity contribution in [1.29, 1.82) is 0 Å². The van der Waals surface area contributed by atoms with Crippen molar-refractivity contribution in [2.45, 2.75) is 306 Å². The smallest absolute Gasteiger partial charge is 0.317 e. The molecule has 15 heteroatoms. The lowest BCUT2D eigenvalue weighted by atomic mass is 9.91. The van der Waals surface area contributed by atoms with Gasteiger partial charge in [0.05, 0.1) is 29.2 Å². The van der Waals surface area contributed by atoms with E-state index in [0.717, 1.165) is 145 Å². The molecule has 0 radical (unpaired) electrons. The molecule has 8 heterocycles. The molecule has 2 aromatic heterocycles. The van der Waals surface area contributed by atoms with Crippen molar-refractivity contribution >= 4 is 17.8 Å². The van der Waals surface area contributed by atoms with E-state index < -0.39 is 0 Å². The number of primary amides is 1. The number of hydrogen-bond donors (Lipinski definition) is 2. The number of nitrogens with two attached hydrogens (primary N) is 1. The molecule has 0 aliphatic carbocycles. The van der Waals surface area contributed by atoms with Gasteiger partial charge in [-0.15, -0.1) is 0 Å². The zero-order valence-corrected chi connectivity index (χ0v) is 61.9. The summed E-state index contributed by atoms with van der Waals surface area (Å²) in [7, 11) is 1.99. The van der Waals surface area contributed by atoms with Gasteiger partial charge in [-0.2, -0.15) is 5.10 Å². The molecule has 91 heavy (non-hydrogen) atoms. The maximum absolute atomic E-state index is 11.2. The number of nitrogens with zero attached hydrogens (tertiary/aromatic N) is 5. The van der Waals surface area contributed by atoms with E-state index in [2.05, 4.69) is 146 Å². The first kappa shape index (κ1) is 91.7. The molecule has 2 aromatic rings. The summed E-state index contributed by atoms with van der Waals surface area (Å²) in [5, 5.41) is 11.0. The summed E-state index contributed by atoms with van der Waals surface area (Å²) in [5.41, 5.74) is 8.58. The van der Waals surface area contributed by atoms with Crippen molar-refractivity contribution in [2.75, 3.05) is 65.8 Å². The summed E-state index contributed by atoms with van der Waals surface area (Å²) in [6.45, 7) is 55.4.